The number of thioether (sulfide) groups is 1. The highest BCUT2D eigenvalue weighted by molar-refractivity contribution is 8.00. The normalized spacial score (nSPS) is 14.4. The number of benzene rings is 1. The van der Waals surface area contributed by atoms with E-state index in [-0.39, 0.29) is 17.3 Å². The maximum atomic E-state index is 11.0. The van der Waals surface area contributed by atoms with Crippen molar-refractivity contribution in [3.05, 3.63) is 28.3 Å². The van der Waals surface area contributed by atoms with E-state index in [4.69, 9.17) is 0 Å². The second-order valence-electron chi connectivity index (χ2n) is 2.75. The molecule has 1 aliphatic heterocycles. The molecule has 0 radical (unpaired) electrons. The van der Waals surface area contributed by atoms with Crippen LogP contribution in [0, 0.1) is 10.1 Å². The summed E-state index contributed by atoms with van der Waals surface area (Å²) in [5.41, 5.74) is 0.577. The van der Waals surface area contributed by atoms with Crippen LogP contribution in [0.3, 0.4) is 0 Å². The number of fused-ring (bicyclic) bond motifs is 1. The van der Waals surface area contributed by atoms with Crippen LogP contribution in [0.4, 0.5) is 11.4 Å². The summed E-state index contributed by atoms with van der Waals surface area (Å²) in [5.74, 6) is 0.112. The summed E-state index contributed by atoms with van der Waals surface area (Å²) in [7, 11) is 0. The minimum atomic E-state index is -0.441. The van der Waals surface area contributed by atoms with Crippen molar-refractivity contribution < 1.29 is 9.72 Å². The maximum Gasteiger partial charge on any atom is 0.285 e. The molecule has 1 aromatic rings. The Morgan fingerprint density at radius 2 is 2.29 bits per heavy atom. The summed E-state index contributed by atoms with van der Waals surface area (Å²) < 4.78 is 0. The summed E-state index contributed by atoms with van der Waals surface area (Å²) >= 11 is 1.20. The molecule has 0 fully saturated rings. The van der Waals surface area contributed by atoms with Gasteiger partial charge in [0.15, 0.2) is 0 Å². The lowest BCUT2D eigenvalue weighted by molar-refractivity contribution is -0.387. The first kappa shape index (κ1) is 9.01. The van der Waals surface area contributed by atoms with E-state index >= 15 is 0 Å². The van der Waals surface area contributed by atoms with Crippen molar-refractivity contribution >= 4 is 29.0 Å². The fourth-order valence-corrected chi connectivity index (χ4v) is 2.16. The molecule has 5 nitrogen and oxygen atoms in total. The van der Waals surface area contributed by atoms with Crippen LogP contribution in [0.15, 0.2) is 23.1 Å². The Kier molecular flexibility index (Phi) is 2.12. The third-order valence-electron chi connectivity index (χ3n) is 1.81. The van der Waals surface area contributed by atoms with Gasteiger partial charge in [0.2, 0.25) is 5.91 Å². The van der Waals surface area contributed by atoms with Crippen LogP contribution < -0.4 is 5.32 Å². The lowest BCUT2D eigenvalue weighted by Gasteiger charge is -2.15. The summed E-state index contributed by atoms with van der Waals surface area (Å²) in [6.45, 7) is 0. The molecule has 0 aromatic heterocycles. The van der Waals surface area contributed by atoms with Crippen molar-refractivity contribution in [1.82, 2.24) is 0 Å². The van der Waals surface area contributed by atoms with Crippen LogP contribution in [0.5, 0.6) is 0 Å². The molecule has 0 bridgehead atoms. The van der Waals surface area contributed by atoms with E-state index < -0.39 is 4.92 Å². The second-order valence-corrected chi connectivity index (χ2v) is 3.73. The summed E-state index contributed by atoms with van der Waals surface area (Å²) in [6, 6.07) is 4.65. The third-order valence-corrected chi connectivity index (χ3v) is 2.94. The minimum Gasteiger partial charge on any atom is -0.324 e. The topological polar surface area (TPSA) is 72.2 Å². The summed E-state index contributed by atoms with van der Waals surface area (Å²) in [4.78, 5) is 21.7. The molecule has 0 saturated carbocycles. The number of hydrogen-bond donors (Lipinski definition) is 1. The fraction of sp³-hybridized carbons (Fsp3) is 0.125. The lowest BCUT2D eigenvalue weighted by Crippen LogP contribution is -2.19. The average molecular weight is 210 g/mol. The molecule has 0 unspecified atom stereocenters. The van der Waals surface area contributed by atoms with Gasteiger partial charge in [-0.05, 0) is 6.07 Å². The molecule has 1 heterocycles. The van der Waals surface area contributed by atoms with E-state index in [0.717, 1.165) is 0 Å². The third kappa shape index (κ3) is 1.44. The van der Waals surface area contributed by atoms with E-state index in [2.05, 4.69) is 5.32 Å². The SMILES string of the molecule is O=C1CSc2c(cccc2[N+](=O)[O-])N1. The van der Waals surface area contributed by atoms with Crippen molar-refractivity contribution in [1.29, 1.82) is 0 Å². The predicted octanol–water partition coefficient (Wildman–Crippen LogP) is 1.64. The van der Waals surface area contributed by atoms with Crippen molar-refractivity contribution in [3.8, 4) is 0 Å². The molecular weight excluding hydrogens is 204 g/mol. The van der Waals surface area contributed by atoms with Gasteiger partial charge in [-0.2, -0.15) is 0 Å². The van der Waals surface area contributed by atoms with Gasteiger partial charge in [0.1, 0.15) is 4.90 Å². The van der Waals surface area contributed by atoms with Crippen molar-refractivity contribution in [3.63, 3.8) is 0 Å². The van der Waals surface area contributed by atoms with Crippen LogP contribution in [0.25, 0.3) is 0 Å². The van der Waals surface area contributed by atoms with Gasteiger partial charge in [-0.1, -0.05) is 6.07 Å². The first-order chi connectivity index (χ1) is 6.68. The molecule has 1 amide bonds. The van der Waals surface area contributed by atoms with E-state index in [0.29, 0.717) is 10.6 Å². The molecule has 0 spiro atoms. The molecule has 6 heteroatoms. The van der Waals surface area contributed by atoms with Crippen molar-refractivity contribution in [2.24, 2.45) is 0 Å². The van der Waals surface area contributed by atoms with Gasteiger partial charge in [0, 0.05) is 6.07 Å². The largest absolute Gasteiger partial charge is 0.324 e. The number of nitro benzene ring substituents is 1. The molecule has 2 rings (SSSR count). The maximum absolute atomic E-state index is 11.0. The van der Waals surface area contributed by atoms with Gasteiger partial charge in [0.05, 0.1) is 16.4 Å². The van der Waals surface area contributed by atoms with Crippen LogP contribution in [0.1, 0.15) is 0 Å². The van der Waals surface area contributed by atoms with E-state index in [1.54, 1.807) is 12.1 Å². The molecule has 1 aliphatic rings. The van der Waals surface area contributed by atoms with Crippen molar-refractivity contribution in [2.45, 2.75) is 4.90 Å². The Labute approximate surface area is 83.6 Å². The van der Waals surface area contributed by atoms with Crippen LogP contribution in [-0.4, -0.2) is 16.6 Å². The molecule has 72 valence electrons. The first-order valence-electron chi connectivity index (χ1n) is 3.88. The van der Waals surface area contributed by atoms with Crippen molar-refractivity contribution in [2.75, 3.05) is 11.1 Å². The lowest BCUT2D eigenvalue weighted by atomic mass is 10.2. The molecule has 1 aromatic carbocycles. The molecule has 0 atom stereocenters. The number of rotatable bonds is 1. The highest BCUT2D eigenvalue weighted by atomic mass is 32.2. The molecule has 0 saturated heterocycles. The zero-order valence-electron chi connectivity index (χ0n) is 7.02. The Bertz CT molecular complexity index is 419. The average Bonchev–Trinajstić information content (AvgIpc) is 2.16. The van der Waals surface area contributed by atoms with Crippen LogP contribution in [-0.2, 0) is 4.79 Å². The van der Waals surface area contributed by atoms with Gasteiger partial charge < -0.3 is 5.32 Å². The van der Waals surface area contributed by atoms with E-state index in [1.807, 2.05) is 0 Å². The zero-order valence-corrected chi connectivity index (χ0v) is 7.84. The summed E-state index contributed by atoms with van der Waals surface area (Å²) in [5, 5.41) is 13.2. The molecular formula is C8H6N2O3S. The number of nitro groups is 1. The van der Waals surface area contributed by atoms with Gasteiger partial charge in [-0.3, -0.25) is 14.9 Å². The summed E-state index contributed by atoms with van der Waals surface area (Å²) in [6.07, 6.45) is 0. The van der Waals surface area contributed by atoms with Crippen LogP contribution in [0.2, 0.25) is 0 Å². The quantitative estimate of drug-likeness (QED) is 0.565. The highest BCUT2D eigenvalue weighted by Gasteiger charge is 2.23. The Hall–Kier alpha value is -1.56. The molecule has 14 heavy (non-hydrogen) atoms. The first-order valence-corrected chi connectivity index (χ1v) is 4.87. The van der Waals surface area contributed by atoms with E-state index in [1.165, 1.54) is 17.8 Å². The Morgan fingerprint density at radius 1 is 1.50 bits per heavy atom. The molecule has 1 N–H and O–H groups in total. The number of amides is 1. The van der Waals surface area contributed by atoms with Crippen LogP contribution >= 0.6 is 11.8 Å². The Balaban J connectivity index is 2.52. The minimum absolute atomic E-state index is 0.0486. The smallest absolute Gasteiger partial charge is 0.285 e. The van der Waals surface area contributed by atoms with Gasteiger partial charge in [0.25, 0.3) is 5.69 Å². The number of anilines is 1. The van der Waals surface area contributed by atoms with Gasteiger partial charge in [-0.15, -0.1) is 11.8 Å². The zero-order chi connectivity index (χ0) is 10.1. The second kappa shape index (κ2) is 3.30. The highest BCUT2D eigenvalue weighted by Crippen LogP contribution is 2.38. The number of carbonyl (C=O) groups excluding carboxylic acids is 1. The number of nitrogens with zero attached hydrogens (tertiary/aromatic N) is 1. The Morgan fingerprint density at radius 3 is 3.00 bits per heavy atom. The van der Waals surface area contributed by atoms with Gasteiger partial charge in [-0.25, -0.2) is 0 Å². The number of hydrogen-bond acceptors (Lipinski definition) is 4. The van der Waals surface area contributed by atoms with Gasteiger partial charge >= 0.3 is 0 Å². The molecule has 0 aliphatic carbocycles. The predicted molar refractivity (Wildman–Crippen MR) is 52.5 cm³/mol. The number of nitrogens with one attached hydrogen (secondary N) is 1. The standard InChI is InChI=1S/C8H6N2O3S/c11-7-4-14-8-5(9-7)2-1-3-6(8)10(12)13/h1-3H,4H2,(H,9,11). The number of carbonyl (C=O) groups is 1. The fourth-order valence-electron chi connectivity index (χ4n) is 1.24. The monoisotopic (exact) mass is 210 g/mol. The van der Waals surface area contributed by atoms with E-state index in [9.17, 15) is 14.9 Å².